The van der Waals surface area contributed by atoms with Crippen molar-refractivity contribution >= 4 is 36.0 Å². The van der Waals surface area contributed by atoms with Gasteiger partial charge in [0.15, 0.2) is 0 Å². The van der Waals surface area contributed by atoms with Gasteiger partial charge in [-0.1, -0.05) is 13.8 Å². The number of rotatable bonds is 7. The van der Waals surface area contributed by atoms with Crippen LogP contribution in [0.25, 0.3) is 0 Å². The van der Waals surface area contributed by atoms with E-state index in [1.807, 2.05) is 20.8 Å². The summed E-state index contributed by atoms with van der Waals surface area (Å²) in [6.45, 7) is 7.90. The van der Waals surface area contributed by atoms with E-state index in [9.17, 15) is 10.1 Å². The lowest BCUT2D eigenvalue weighted by molar-refractivity contribution is 0.0338. The second-order valence-electron chi connectivity index (χ2n) is 9.95. The number of esters is 1. The summed E-state index contributed by atoms with van der Waals surface area (Å²) >= 11 is 0. The minimum absolute atomic E-state index is 0.137. The number of benzene rings is 1. The molecule has 2 saturated heterocycles. The molecule has 0 amide bonds. The number of nitriles is 1. The molecule has 2 aromatic rings. The third-order valence-corrected chi connectivity index (χ3v) is 6.33. The van der Waals surface area contributed by atoms with Gasteiger partial charge in [-0.15, -0.1) is 0 Å². The first-order valence-electron chi connectivity index (χ1n) is 12.1. The molecule has 196 valence electrons. The van der Waals surface area contributed by atoms with Crippen LogP contribution in [0.3, 0.4) is 0 Å². The molecule has 0 unspecified atom stereocenters. The largest absolute Gasteiger partial charge is 0.498 e. The highest BCUT2D eigenvalue weighted by Gasteiger charge is 2.38. The van der Waals surface area contributed by atoms with Crippen molar-refractivity contribution in [3.63, 3.8) is 0 Å². The Kier molecular flexibility index (Phi) is 8.17. The van der Waals surface area contributed by atoms with E-state index in [1.54, 1.807) is 18.3 Å². The van der Waals surface area contributed by atoms with Gasteiger partial charge in [-0.2, -0.15) is 10.2 Å². The number of aromatic nitrogens is 2. The standard InChI is InChI=1S/C25H32BN5O6/c1-15-11-28-24(31-22(15)30-19-12-35-7-6-16(19)10-27)29-17-8-18(23(32)34-5)21(20(9-17)33-4)26-36-13-25(2,3)14-37-26/h8-9,11,16,19H,6-7,12-14H2,1-5H3,(H2,28,29,30,31)/t16-,19+/m1/s1. The van der Waals surface area contributed by atoms with Crippen LogP contribution in [0.1, 0.15) is 36.2 Å². The van der Waals surface area contributed by atoms with Crippen LogP contribution >= 0.6 is 0 Å². The number of hydrogen-bond donors (Lipinski definition) is 2. The molecule has 2 N–H and O–H groups in total. The molecule has 0 spiro atoms. The van der Waals surface area contributed by atoms with E-state index in [-0.39, 0.29) is 22.9 Å². The van der Waals surface area contributed by atoms with Gasteiger partial charge >= 0.3 is 13.1 Å². The Labute approximate surface area is 217 Å². The first-order chi connectivity index (χ1) is 17.7. The maximum absolute atomic E-state index is 12.8. The second kappa shape index (κ2) is 11.3. The quantitative estimate of drug-likeness (QED) is 0.421. The lowest BCUT2D eigenvalue weighted by Gasteiger charge is -2.34. The van der Waals surface area contributed by atoms with E-state index >= 15 is 0 Å². The molecule has 2 atom stereocenters. The molecule has 0 aliphatic carbocycles. The summed E-state index contributed by atoms with van der Waals surface area (Å²) in [7, 11) is 2.05. The molecule has 2 fully saturated rings. The Morgan fingerprint density at radius 3 is 2.70 bits per heavy atom. The summed E-state index contributed by atoms with van der Waals surface area (Å²) in [5.74, 6) is 0.569. The SMILES string of the molecule is COC(=O)c1cc(Nc2ncc(C)c(N[C@H]3COCC[C@@H]3C#N)n2)cc(OC)c1B1OCC(C)(C)CO1. The average Bonchev–Trinajstić information content (AvgIpc) is 2.90. The zero-order chi connectivity index (χ0) is 26.6. The highest BCUT2D eigenvalue weighted by Crippen LogP contribution is 2.28. The number of nitrogens with zero attached hydrogens (tertiary/aromatic N) is 3. The Bertz CT molecular complexity index is 1180. The van der Waals surface area contributed by atoms with Gasteiger partial charge in [0.1, 0.15) is 11.6 Å². The maximum atomic E-state index is 12.8. The van der Waals surface area contributed by atoms with Gasteiger partial charge in [0.2, 0.25) is 5.95 Å². The minimum atomic E-state index is -0.775. The number of hydrogen-bond acceptors (Lipinski definition) is 11. The van der Waals surface area contributed by atoms with Crippen molar-refractivity contribution in [2.24, 2.45) is 11.3 Å². The lowest BCUT2D eigenvalue weighted by Crippen LogP contribution is -2.49. The highest BCUT2D eigenvalue weighted by molar-refractivity contribution is 6.64. The Balaban J connectivity index is 1.62. The Hall–Kier alpha value is -3.40. The van der Waals surface area contributed by atoms with Crippen molar-refractivity contribution in [2.45, 2.75) is 33.2 Å². The van der Waals surface area contributed by atoms with Gasteiger partial charge < -0.3 is 34.2 Å². The number of nitrogens with one attached hydrogen (secondary N) is 2. The summed E-state index contributed by atoms with van der Waals surface area (Å²) in [5, 5.41) is 16.0. The third-order valence-electron chi connectivity index (χ3n) is 6.33. The molecule has 1 aromatic carbocycles. The molecule has 3 heterocycles. The molecule has 2 aliphatic rings. The molecule has 37 heavy (non-hydrogen) atoms. The van der Waals surface area contributed by atoms with Crippen LogP contribution in [0.2, 0.25) is 0 Å². The van der Waals surface area contributed by atoms with Crippen molar-refractivity contribution in [3.05, 3.63) is 29.5 Å². The van der Waals surface area contributed by atoms with Gasteiger partial charge in [-0.3, -0.25) is 0 Å². The van der Waals surface area contributed by atoms with E-state index < -0.39 is 13.1 Å². The van der Waals surface area contributed by atoms with Crippen LogP contribution in [-0.4, -0.2) is 69.7 Å². The maximum Gasteiger partial charge on any atom is 0.498 e. The summed E-state index contributed by atoms with van der Waals surface area (Å²) in [4.78, 5) is 21.7. The van der Waals surface area contributed by atoms with Crippen LogP contribution in [0.5, 0.6) is 5.75 Å². The fraction of sp³-hybridized carbons (Fsp3) is 0.520. The van der Waals surface area contributed by atoms with Crippen LogP contribution in [-0.2, 0) is 18.8 Å². The zero-order valence-corrected chi connectivity index (χ0v) is 21.8. The predicted octanol–water partition coefficient (Wildman–Crippen LogP) is 2.43. The van der Waals surface area contributed by atoms with E-state index in [4.69, 9.17) is 23.5 Å². The molecule has 1 aromatic heterocycles. The van der Waals surface area contributed by atoms with Crippen LogP contribution < -0.4 is 20.8 Å². The first-order valence-corrected chi connectivity index (χ1v) is 12.1. The fourth-order valence-corrected chi connectivity index (χ4v) is 4.24. The Morgan fingerprint density at radius 2 is 2.03 bits per heavy atom. The minimum Gasteiger partial charge on any atom is -0.497 e. The fourth-order valence-electron chi connectivity index (χ4n) is 4.24. The monoisotopic (exact) mass is 509 g/mol. The van der Waals surface area contributed by atoms with Crippen LogP contribution in [0, 0.1) is 29.6 Å². The smallest absolute Gasteiger partial charge is 0.497 e. The van der Waals surface area contributed by atoms with Crippen molar-refractivity contribution in [1.29, 1.82) is 5.26 Å². The van der Waals surface area contributed by atoms with Crippen LogP contribution in [0.4, 0.5) is 17.5 Å². The number of methoxy groups -OCH3 is 2. The zero-order valence-electron chi connectivity index (χ0n) is 21.8. The third kappa shape index (κ3) is 6.13. The van der Waals surface area contributed by atoms with Crippen molar-refractivity contribution in [3.8, 4) is 11.8 Å². The van der Waals surface area contributed by atoms with Gasteiger partial charge in [-0.05, 0) is 19.4 Å². The van der Waals surface area contributed by atoms with Gasteiger partial charge in [0.25, 0.3) is 0 Å². The van der Waals surface area contributed by atoms with Gasteiger partial charge in [-0.25, -0.2) is 9.78 Å². The van der Waals surface area contributed by atoms with E-state index in [0.29, 0.717) is 61.5 Å². The summed E-state index contributed by atoms with van der Waals surface area (Å²) < 4.78 is 28.1. The topological polar surface area (TPSA) is 137 Å². The Morgan fingerprint density at radius 1 is 1.27 bits per heavy atom. The predicted molar refractivity (Wildman–Crippen MR) is 137 cm³/mol. The molecule has 0 radical (unpaired) electrons. The molecular formula is C25H32BN5O6. The molecular weight excluding hydrogens is 477 g/mol. The van der Waals surface area contributed by atoms with Gasteiger partial charge in [0.05, 0.1) is 44.4 Å². The lowest BCUT2D eigenvalue weighted by atomic mass is 9.72. The van der Waals surface area contributed by atoms with Crippen molar-refractivity contribution in [2.75, 3.05) is 51.3 Å². The van der Waals surface area contributed by atoms with E-state index in [0.717, 1.165) is 5.56 Å². The number of aryl methyl sites for hydroxylation is 1. The van der Waals surface area contributed by atoms with Crippen molar-refractivity contribution < 1.29 is 28.3 Å². The molecule has 11 nitrogen and oxygen atoms in total. The number of carbonyl (C=O) groups excluding carboxylic acids is 1. The van der Waals surface area contributed by atoms with E-state index in [2.05, 4.69) is 26.7 Å². The number of ether oxygens (including phenoxy) is 3. The average molecular weight is 509 g/mol. The molecule has 4 rings (SSSR count). The van der Waals surface area contributed by atoms with Crippen LogP contribution in [0.15, 0.2) is 18.3 Å². The first kappa shape index (κ1) is 26.7. The van der Waals surface area contributed by atoms with Gasteiger partial charge in [0, 0.05) is 54.2 Å². The molecule has 12 heteroatoms. The summed E-state index contributed by atoms with van der Waals surface area (Å²) in [5.41, 5.74) is 1.91. The number of carbonyl (C=O) groups is 1. The molecule has 0 bridgehead atoms. The highest BCUT2D eigenvalue weighted by atomic mass is 16.6. The number of anilines is 3. The second-order valence-corrected chi connectivity index (χ2v) is 9.95. The molecule has 2 aliphatic heterocycles. The van der Waals surface area contributed by atoms with E-state index in [1.165, 1.54) is 14.2 Å². The van der Waals surface area contributed by atoms with Crippen molar-refractivity contribution in [1.82, 2.24) is 9.97 Å². The molecule has 0 saturated carbocycles. The normalized spacial score (nSPS) is 21.0. The summed E-state index contributed by atoms with van der Waals surface area (Å²) in [6, 6.07) is 5.52. The summed E-state index contributed by atoms with van der Waals surface area (Å²) in [6.07, 6.45) is 2.35.